The van der Waals surface area contributed by atoms with Crippen LogP contribution in [0.1, 0.15) is 5.56 Å². The van der Waals surface area contributed by atoms with Crippen LogP contribution < -0.4 is 4.90 Å². The van der Waals surface area contributed by atoms with Gasteiger partial charge in [-0.1, -0.05) is 65.8 Å². The molecule has 0 aliphatic carbocycles. The first-order valence-corrected chi connectivity index (χ1v) is 12.6. The smallest absolute Gasteiger partial charge is 0.164 e. The van der Waals surface area contributed by atoms with Crippen molar-refractivity contribution in [3.8, 4) is 0 Å². The van der Waals surface area contributed by atoms with Gasteiger partial charge in [-0.3, -0.25) is 4.99 Å². The maximum absolute atomic E-state index is 12.2. The van der Waals surface area contributed by atoms with Gasteiger partial charge in [0, 0.05) is 16.5 Å². The number of aliphatic imine (C=N–C) groups is 1. The average Bonchev–Trinajstić information content (AvgIpc) is 3.18. The summed E-state index contributed by atoms with van der Waals surface area (Å²) in [6.45, 7) is 0. The van der Waals surface area contributed by atoms with Crippen LogP contribution in [0.15, 0.2) is 71.7 Å². The maximum atomic E-state index is 12.2. The van der Waals surface area contributed by atoms with Crippen molar-refractivity contribution < 1.29 is 8.42 Å². The van der Waals surface area contributed by atoms with Gasteiger partial charge in [0.15, 0.2) is 15.0 Å². The Labute approximate surface area is 179 Å². The predicted molar refractivity (Wildman–Crippen MR) is 123 cm³/mol. The molecule has 5 rings (SSSR count). The van der Waals surface area contributed by atoms with E-state index in [4.69, 9.17) is 16.6 Å². The van der Waals surface area contributed by atoms with Crippen LogP contribution >= 0.6 is 23.4 Å². The molecule has 0 saturated carbocycles. The van der Waals surface area contributed by atoms with E-state index in [0.717, 1.165) is 16.6 Å². The highest BCUT2D eigenvalue weighted by molar-refractivity contribution is 8.13. The van der Waals surface area contributed by atoms with Crippen molar-refractivity contribution in [2.24, 2.45) is 4.99 Å². The summed E-state index contributed by atoms with van der Waals surface area (Å²) >= 11 is 7.72. The Bertz CT molecular complexity index is 1200. The summed E-state index contributed by atoms with van der Waals surface area (Å²) in [5, 5.41) is 3.99. The lowest BCUT2D eigenvalue weighted by Crippen LogP contribution is -2.39. The van der Waals surface area contributed by atoms with E-state index < -0.39 is 9.84 Å². The largest absolute Gasteiger partial charge is 0.315 e. The molecule has 1 saturated heterocycles. The van der Waals surface area contributed by atoms with Crippen LogP contribution in [-0.4, -0.2) is 37.2 Å². The molecule has 0 unspecified atom stereocenters. The normalized spacial score (nSPS) is 22.7. The second kappa shape index (κ2) is 7.35. The summed E-state index contributed by atoms with van der Waals surface area (Å²) in [4.78, 5) is 6.90. The van der Waals surface area contributed by atoms with Gasteiger partial charge in [0.1, 0.15) is 0 Å². The molecule has 4 nitrogen and oxygen atoms in total. The third-order valence-electron chi connectivity index (χ3n) is 5.45. The number of benzene rings is 3. The SMILES string of the molecule is O=S1(=O)C[C@H]2N=C(SCc3cccc4ccccc34)N(c3ccc(Cl)cc3)[C@H]2C1. The van der Waals surface area contributed by atoms with Crippen LogP contribution in [0.2, 0.25) is 5.02 Å². The van der Waals surface area contributed by atoms with Gasteiger partial charge in [0.05, 0.1) is 23.6 Å². The molecule has 0 amide bonds. The zero-order valence-electron chi connectivity index (χ0n) is 15.5. The molecule has 0 radical (unpaired) electrons. The highest BCUT2D eigenvalue weighted by Crippen LogP contribution is 2.36. The molecule has 2 aliphatic heterocycles. The average molecular weight is 443 g/mol. The highest BCUT2D eigenvalue weighted by atomic mass is 35.5. The molecule has 0 N–H and O–H groups in total. The Morgan fingerprint density at radius 2 is 1.76 bits per heavy atom. The second-order valence-corrected chi connectivity index (χ2v) is 10.9. The van der Waals surface area contributed by atoms with Crippen molar-refractivity contribution in [2.75, 3.05) is 16.4 Å². The van der Waals surface area contributed by atoms with E-state index in [1.807, 2.05) is 30.3 Å². The van der Waals surface area contributed by atoms with Gasteiger partial charge in [-0.25, -0.2) is 8.42 Å². The molecule has 2 atom stereocenters. The number of rotatable bonds is 3. The van der Waals surface area contributed by atoms with Crippen LogP contribution in [0.3, 0.4) is 0 Å². The topological polar surface area (TPSA) is 49.7 Å². The quantitative estimate of drug-likeness (QED) is 0.586. The van der Waals surface area contributed by atoms with Crippen LogP contribution in [0.25, 0.3) is 10.8 Å². The summed E-state index contributed by atoms with van der Waals surface area (Å²) in [6.07, 6.45) is 0. The Balaban J connectivity index is 1.46. The highest BCUT2D eigenvalue weighted by Gasteiger charge is 2.47. The predicted octanol–water partition coefficient (Wildman–Crippen LogP) is 4.77. The van der Waals surface area contributed by atoms with Crippen LogP contribution in [0.5, 0.6) is 0 Å². The third-order valence-corrected chi connectivity index (χ3v) is 8.42. The Hall–Kier alpha value is -2.02. The van der Waals surface area contributed by atoms with Crippen molar-refractivity contribution in [3.63, 3.8) is 0 Å². The Kier molecular flexibility index (Phi) is 4.81. The van der Waals surface area contributed by atoms with Crippen LogP contribution in [-0.2, 0) is 15.6 Å². The van der Waals surface area contributed by atoms with Crippen molar-refractivity contribution >= 4 is 54.8 Å². The first kappa shape index (κ1) is 19.0. The number of thioether (sulfide) groups is 1. The van der Waals surface area contributed by atoms with E-state index in [1.54, 1.807) is 11.8 Å². The molecule has 0 spiro atoms. The van der Waals surface area contributed by atoms with E-state index in [-0.39, 0.29) is 23.6 Å². The molecule has 3 aromatic rings. The van der Waals surface area contributed by atoms with Crippen molar-refractivity contribution in [1.82, 2.24) is 0 Å². The molecule has 1 fully saturated rings. The van der Waals surface area contributed by atoms with E-state index in [9.17, 15) is 8.42 Å². The van der Waals surface area contributed by atoms with Gasteiger partial charge < -0.3 is 4.90 Å². The molecular weight excluding hydrogens is 424 g/mol. The number of hydrogen-bond donors (Lipinski definition) is 0. The molecule has 148 valence electrons. The first-order valence-electron chi connectivity index (χ1n) is 9.43. The molecule has 29 heavy (non-hydrogen) atoms. The van der Waals surface area contributed by atoms with Gasteiger partial charge in [-0.15, -0.1) is 0 Å². The molecule has 7 heteroatoms. The molecule has 0 bridgehead atoms. The van der Waals surface area contributed by atoms with Crippen molar-refractivity contribution in [3.05, 3.63) is 77.3 Å². The number of halogens is 1. The Morgan fingerprint density at radius 3 is 2.59 bits per heavy atom. The minimum atomic E-state index is -3.06. The maximum Gasteiger partial charge on any atom is 0.164 e. The van der Waals surface area contributed by atoms with E-state index >= 15 is 0 Å². The fourth-order valence-electron chi connectivity index (χ4n) is 4.10. The fourth-order valence-corrected chi connectivity index (χ4v) is 7.19. The van der Waals surface area contributed by atoms with Gasteiger partial charge in [0.25, 0.3) is 0 Å². The zero-order valence-corrected chi connectivity index (χ0v) is 17.9. The molecule has 0 aromatic heterocycles. The standard InChI is InChI=1S/C22H19ClN2O2S2/c23-17-8-10-18(11-9-17)25-21-14-29(26,27)13-20(21)24-22(25)28-12-16-6-3-5-15-4-1-2-7-19(15)16/h1-11,20-21H,12-14H2/t20-,21+/m1/s1. The summed E-state index contributed by atoms with van der Waals surface area (Å²) in [5.41, 5.74) is 2.18. The summed E-state index contributed by atoms with van der Waals surface area (Å²) in [6, 6.07) is 21.9. The molecule has 2 heterocycles. The lowest BCUT2D eigenvalue weighted by Gasteiger charge is -2.26. The Morgan fingerprint density at radius 1 is 1.00 bits per heavy atom. The number of hydrogen-bond acceptors (Lipinski definition) is 5. The van der Waals surface area contributed by atoms with Gasteiger partial charge >= 0.3 is 0 Å². The fraction of sp³-hybridized carbons (Fsp3) is 0.227. The minimum Gasteiger partial charge on any atom is -0.315 e. The van der Waals surface area contributed by atoms with Crippen LogP contribution in [0, 0.1) is 0 Å². The first-order chi connectivity index (χ1) is 14.0. The summed E-state index contributed by atoms with van der Waals surface area (Å²) in [5.74, 6) is 1.04. The molecule has 2 aliphatic rings. The summed E-state index contributed by atoms with van der Waals surface area (Å²) in [7, 11) is -3.06. The zero-order chi connectivity index (χ0) is 20.0. The number of sulfone groups is 1. The van der Waals surface area contributed by atoms with E-state index in [2.05, 4.69) is 41.3 Å². The number of anilines is 1. The number of amidine groups is 1. The van der Waals surface area contributed by atoms with Crippen molar-refractivity contribution in [1.29, 1.82) is 0 Å². The lowest BCUT2D eigenvalue weighted by molar-refractivity contribution is 0.601. The lowest BCUT2D eigenvalue weighted by atomic mass is 10.1. The summed E-state index contributed by atoms with van der Waals surface area (Å²) < 4.78 is 24.4. The number of nitrogens with zero attached hydrogens (tertiary/aromatic N) is 2. The van der Waals surface area contributed by atoms with Gasteiger partial charge in [-0.05, 0) is 40.6 Å². The third kappa shape index (κ3) is 3.65. The molecule has 3 aromatic carbocycles. The van der Waals surface area contributed by atoms with Gasteiger partial charge in [0.2, 0.25) is 0 Å². The monoisotopic (exact) mass is 442 g/mol. The second-order valence-electron chi connectivity index (χ2n) is 7.40. The van der Waals surface area contributed by atoms with Gasteiger partial charge in [-0.2, -0.15) is 0 Å². The van der Waals surface area contributed by atoms with Crippen molar-refractivity contribution in [2.45, 2.75) is 17.8 Å². The van der Waals surface area contributed by atoms with E-state index in [0.29, 0.717) is 5.02 Å². The number of fused-ring (bicyclic) bond motifs is 2. The van der Waals surface area contributed by atoms with Crippen LogP contribution in [0.4, 0.5) is 5.69 Å². The molecular formula is C22H19ClN2O2S2. The minimum absolute atomic E-state index is 0.125. The van der Waals surface area contributed by atoms with E-state index in [1.165, 1.54) is 16.3 Å².